The van der Waals surface area contributed by atoms with Crippen LogP contribution in [0.2, 0.25) is 0 Å². The Balaban J connectivity index is 1.88. The molecular formula is C20H19F3N6. The van der Waals surface area contributed by atoms with Crippen molar-refractivity contribution in [2.24, 2.45) is 7.05 Å². The topological polar surface area (TPSA) is 71.4 Å². The molecule has 3 aromatic heterocycles. The van der Waals surface area contributed by atoms with Crippen LogP contribution in [0.4, 0.5) is 13.2 Å². The van der Waals surface area contributed by atoms with E-state index >= 15 is 0 Å². The molecule has 0 aliphatic heterocycles. The normalized spacial score (nSPS) is 12.0. The number of fused-ring (bicyclic) bond motifs is 1. The predicted molar refractivity (Wildman–Crippen MR) is 104 cm³/mol. The zero-order chi connectivity index (χ0) is 20.6. The van der Waals surface area contributed by atoms with Crippen molar-refractivity contribution >= 4 is 10.9 Å². The number of nitrogens with one attached hydrogen (secondary N) is 2. The molecule has 0 saturated heterocycles. The number of aromatic nitrogens is 5. The van der Waals surface area contributed by atoms with Crippen molar-refractivity contribution in [1.29, 1.82) is 0 Å². The maximum absolute atomic E-state index is 13.9. The van der Waals surface area contributed by atoms with E-state index in [0.717, 1.165) is 5.56 Å². The first-order valence-electron chi connectivity index (χ1n) is 9.11. The van der Waals surface area contributed by atoms with E-state index in [9.17, 15) is 13.2 Å². The Kier molecular flexibility index (Phi) is 4.83. The first kappa shape index (κ1) is 19.1. The standard InChI is InChI=1S/C20H19F3N6/c1-3-24-8-12-5-4-6-14(18(12)20(21,22)23)16-7-15-17(10-25-16)27-28-19(15)13-9-26-29(2)11-13/h4-7,9-11,24H,3,8H2,1-2H3,(H,27,28). The summed E-state index contributed by atoms with van der Waals surface area (Å²) in [5.74, 6) is 0. The molecule has 9 heteroatoms. The Morgan fingerprint density at radius 2 is 2.03 bits per heavy atom. The lowest BCUT2D eigenvalue weighted by Crippen LogP contribution is -2.18. The van der Waals surface area contributed by atoms with Gasteiger partial charge in [0, 0.05) is 36.3 Å². The SMILES string of the molecule is CCNCc1cccc(-c2cc3c(-c4cnn(C)c4)n[nH]c3cn2)c1C(F)(F)F. The molecule has 0 spiro atoms. The van der Waals surface area contributed by atoms with Crippen molar-refractivity contribution in [2.45, 2.75) is 19.6 Å². The Morgan fingerprint density at radius 3 is 2.72 bits per heavy atom. The van der Waals surface area contributed by atoms with E-state index in [2.05, 4.69) is 25.6 Å². The third kappa shape index (κ3) is 3.61. The minimum atomic E-state index is -4.50. The second-order valence-electron chi connectivity index (χ2n) is 6.71. The van der Waals surface area contributed by atoms with Crippen molar-refractivity contribution in [3.8, 4) is 22.5 Å². The van der Waals surface area contributed by atoms with Crippen LogP contribution in [0.5, 0.6) is 0 Å². The fraction of sp³-hybridized carbons (Fsp3) is 0.250. The molecule has 0 radical (unpaired) electrons. The van der Waals surface area contributed by atoms with Crippen LogP contribution >= 0.6 is 0 Å². The molecular weight excluding hydrogens is 381 g/mol. The quantitative estimate of drug-likeness (QED) is 0.528. The summed E-state index contributed by atoms with van der Waals surface area (Å²) in [6.07, 6.45) is 0.469. The lowest BCUT2D eigenvalue weighted by atomic mass is 9.96. The number of aryl methyl sites for hydroxylation is 1. The van der Waals surface area contributed by atoms with E-state index in [1.165, 1.54) is 18.3 Å². The average molecular weight is 400 g/mol. The van der Waals surface area contributed by atoms with Crippen molar-refractivity contribution in [3.63, 3.8) is 0 Å². The summed E-state index contributed by atoms with van der Waals surface area (Å²) in [7, 11) is 1.79. The fourth-order valence-corrected chi connectivity index (χ4v) is 3.38. The average Bonchev–Trinajstić information content (AvgIpc) is 3.30. The number of aromatic amines is 1. The van der Waals surface area contributed by atoms with Gasteiger partial charge in [0.25, 0.3) is 0 Å². The molecule has 0 bridgehead atoms. The molecule has 3 heterocycles. The molecule has 0 unspecified atom stereocenters. The van der Waals surface area contributed by atoms with Crippen molar-refractivity contribution in [2.75, 3.05) is 6.54 Å². The molecule has 0 saturated carbocycles. The third-order valence-electron chi connectivity index (χ3n) is 4.70. The van der Waals surface area contributed by atoms with E-state index in [4.69, 9.17) is 0 Å². The Hall–Kier alpha value is -3.20. The molecule has 1 aromatic carbocycles. The third-order valence-corrected chi connectivity index (χ3v) is 4.70. The summed E-state index contributed by atoms with van der Waals surface area (Å²) in [6.45, 7) is 2.56. The molecule has 0 amide bonds. The van der Waals surface area contributed by atoms with E-state index in [-0.39, 0.29) is 23.4 Å². The van der Waals surface area contributed by atoms with Crippen LogP contribution in [-0.2, 0) is 19.8 Å². The summed E-state index contributed by atoms with van der Waals surface area (Å²) in [6, 6.07) is 6.21. The van der Waals surface area contributed by atoms with E-state index in [1.807, 2.05) is 6.92 Å². The Labute approximate surface area is 164 Å². The van der Waals surface area contributed by atoms with E-state index in [1.54, 1.807) is 36.3 Å². The van der Waals surface area contributed by atoms with Gasteiger partial charge in [-0.25, -0.2) is 0 Å². The van der Waals surface area contributed by atoms with Gasteiger partial charge < -0.3 is 5.32 Å². The van der Waals surface area contributed by atoms with Crippen LogP contribution < -0.4 is 5.32 Å². The molecule has 0 aliphatic rings. The molecule has 0 atom stereocenters. The van der Waals surface area contributed by atoms with Gasteiger partial charge >= 0.3 is 6.18 Å². The largest absolute Gasteiger partial charge is 0.417 e. The predicted octanol–water partition coefficient (Wildman–Crippen LogP) is 4.15. The number of hydrogen-bond donors (Lipinski definition) is 2. The zero-order valence-corrected chi connectivity index (χ0v) is 15.9. The van der Waals surface area contributed by atoms with Gasteiger partial charge in [0.1, 0.15) is 5.69 Å². The highest BCUT2D eigenvalue weighted by Crippen LogP contribution is 2.40. The van der Waals surface area contributed by atoms with Crippen molar-refractivity contribution in [1.82, 2.24) is 30.3 Å². The second-order valence-corrected chi connectivity index (χ2v) is 6.71. The maximum atomic E-state index is 13.9. The van der Waals surface area contributed by atoms with Gasteiger partial charge in [0.15, 0.2) is 0 Å². The van der Waals surface area contributed by atoms with Gasteiger partial charge in [-0.05, 0) is 18.2 Å². The minimum Gasteiger partial charge on any atom is -0.313 e. The first-order valence-corrected chi connectivity index (χ1v) is 9.11. The summed E-state index contributed by atoms with van der Waals surface area (Å²) in [5, 5.41) is 15.0. The molecule has 4 aromatic rings. The van der Waals surface area contributed by atoms with Crippen molar-refractivity contribution in [3.05, 3.63) is 54.0 Å². The minimum absolute atomic E-state index is 0.0492. The van der Waals surface area contributed by atoms with Crippen molar-refractivity contribution < 1.29 is 13.2 Å². The molecule has 150 valence electrons. The second kappa shape index (κ2) is 7.32. The lowest BCUT2D eigenvalue weighted by Gasteiger charge is -2.17. The fourth-order valence-electron chi connectivity index (χ4n) is 3.38. The molecule has 2 N–H and O–H groups in total. The zero-order valence-electron chi connectivity index (χ0n) is 15.9. The number of hydrogen-bond acceptors (Lipinski definition) is 4. The van der Waals surface area contributed by atoms with Crippen LogP contribution in [-0.4, -0.2) is 31.5 Å². The molecule has 29 heavy (non-hydrogen) atoms. The number of alkyl halides is 3. The van der Waals surface area contributed by atoms with Gasteiger partial charge in [-0.2, -0.15) is 23.4 Å². The highest BCUT2D eigenvalue weighted by molar-refractivity contribution is 5.94. The van der Waals surface area contributed by atoms with Gasteiger partial charge in [-0.15, -0.1) is 0 Å². The summed E-state index contributed by atoms with van der Waals surface area (Å²) < 4.78 is 43.5. The molecule has 0 fully saturated rings. The summed E-state index contributed by atoms with van der Waals surface area (Å²) in [5.41, 5.74) is 1.85. The Bertz CT molecular complexity index is 1160. The van der Waals surface area contributed by atoms with Crippen LogP contribution in [0.25, 0.3) is 33.4 Å². The monoisotopic (exact) mass is 400 g/mol. The van der Waals surface area contributed by atoms with Gasteiger partial charge in [-0.3, -0.25) is 14.8 Å². The van der Waals surface area contributed by atoms with Crippen LogP contribution in [0.3, 0.4) is 0 Å². The summed E-state index contributed by atoms with van der Waals surface area (Å²) >= 11 is 0. The number of benzene rings is 1. The lowest BCUT2D eigenvalue weighted by molar-refractivity contribution is -0.137. The van der Waals surface area contributed by atoms with Gasteiger partial charge in [0.2, 0.25) is 0 Å². The number of rotatable bonds is 5. The highest BCUT2D eigenvalue weighted by atomic mass is 19.4. The van der Waals surface area contributed by atoms with Crippen LogP contribution in [0, 0.1) is 0 Å². The van der Waals surface area contributed by atoms with Gasteiger partial charge in [0.05, 0.1) is 29.2 Å². The number of halogens is 3. The molecule has 4 rings (SSSR count). The van der Waals surface area contributed by atoms with Crippen LogP contribution in [0.15, 0.2) is 42.9 Å². The number of pyridine rings is 1. The number of H-pyrrole nitrogens is 1. The van der Waals surface area contributed by atoms with E-state index in [0.29, 0.717) is 23.1 Å². The summed E-state index contributed by atoms with van der Waals surface area (Å²) in [4.78, 5) is 4.27. The van der Waals surface area contributed by atoms with Crippen LogP contribution in [0.1, 0.15) is 18.1 Å². The molecule has 6 nitrogen and oxygen atoms in total. The first-order chi connectivity index (χ1) is 13.9. The van der Waals surface area contributed by atoms with Gasteiger partial charge in [-0.1, -0.05) is 25.1 Å². The number of nitrogens with zero attached hydrogens (tertiary/aromatic N) is 4. The molecule has 0 aliphatic carbocycles. The van der Waals surface area contributed by atoms with E-state index < -0.39 is 11.7 Å². The highest BCUT2D eigenvalue weighted by Gasteiger charge is 2.36. The smallest absolute Gasteiger partial charge is 0.313 e. The maximum Gasteiger partial charge on any atom is 0.417 e. The Morgan fingerprint density at radius 1 is 1.21 bits per heavy atom.